The van der Waals surface area contributed by atoms with Crippen LogP contribution in [0.25, 0.3) is 55.3 Å². The molecule has 2 aromatic heterocycles. The van der Waals surface area contributed by atoms with E-state index in [0.29, 0.717) is 16.9 Å². The Morgan fingerprint density at radius 3 is 2.34 bits per heavy atom. The lowest BCUT2D eigenvalue weighted by atomic mass is 10.0. The van der Waals surface area contributed by atoms with Crippen molar-refractivity contribution >= 4 is 43.9 Å². The number of phenols is 1. The molecule has 0 unspecified atom stereocenters. The highest BCUT2D eigenvalue weighted by molar-refractivity contribution is 6.15. The van der Waals surface area contributed by atoms with Gasteiger partial charge in [-0.15, -0.1) is 0 Å². The molecule has 0 saturated heterocycles. The maximum Gasteiger partial charge on any atom is 0.144 e. The summed E-state index contributed by atoms with van der Waals surface area (Å²) in [6.07, 6.45) is 0. The molecule has 0 radical (unpaired) electrons. The van der Waals surface area contributed by atoms with E-state index in [1.54, 1.807) is 0 Å². The Morgan fingerprint density at radius 2 is 1.48 bits per heavy atom. The monoisotopic (exact) mass is 376 g/mol. The Labute approximate surface area is 165 Å². The van der Waals surface area contributed by atoms with Gasteiger partial charge in [0.15, 0.2) is 0 Å². The van der Waals surface area contributed by atoms with Crippen LogP contribution in [0.5, 0.6) is 5.75 Å². The number of hydrogen-bond donors (Lipinski definition) is 2. The van der Waals surface area contributed by atoms with Gasteiger partial charge in [-0.2, -0.15) is 0 Å². The number of aryl methyl sites for hydroxylation is 1. The minimum Gasteiger partial charge on any atom is -0.506 e. The second-order valence-electron chi connectivity index (χ2n) is 7.28. The van der Waals surface area contributed by atoms with Gasteiger partial charge in [-0.25, -0.2) is 15.0 Å². The zero-order valence-corrected chi connectivity index (χ0v) is 15.6. The number of para-hydroxylation sites is 2. The molecule has 6 rings (SSSR count). The van der Waals surface area contributed by atoms with Gasteiger partial charge in [0.25, 0.3) is 0 Å². The van der Waals surface area contributed by atoms with E-state index in [4.69, 9.17) is 15.0 Å². The average Bonchev–Trinajstić information content (AvgIpc) is 3.16. The Morgan fingerprint density at radius 1 is 0.724 bits per heavy atom. The van der Waals surface area contributed by atoms with Gasteiger partial charge in [-0.05, 0) is 36.8 Å². The maximum absolute atomic E-state index is 11.2. The first-order valence-corrected chi connectivity index (χ1v) is 9.46. The number of aromatic nitrogens is 4. The van der Waals surface area contributed by atoms with Gasteiger partial charge >= 0.3 is 0 Å². The van der Waals surface area contributed by atoms with Gasteiger partial charge in [-0.3, -0.25) is 0 Å². The second kappa shape index (κ2) is 5.75. The molecule has 5 heteroatoms. The summed E-state index contributed by atoms with van der Waals surface area (Å²) in [5, 5.41) is 12.8. The molecule has 2 N–H and O–H groups in total. The summed E-state index contributed by atoms with van der Waals surface area (Å²) in [6.45, 7) is 2.03. The van der Waals surface area contributed by atoms with Crippen LogP contribution in [-0.4, -0.2) is 25.0 Å². The van der Waals surface area contributed by atoms with Crippen LogP contribution in [0.4, 0.5) is 0 Å². The lowest BCUT2D eigenvalue weighted by molar-refractivity contribution is 0.484. The zero-order valence-electron chi connectivity index (χ0n) is 15.6. The molecule has 0 saturated carbocycles. The van der Waals surface area contributed by atoms with Gasteiger partial charge in [0.1, 0.15) is 17.1 Å². The summed E-state index contributed by atoms with van der Waals surface area (Å²) >= 11 is 0. The minimum atomic E-state index is 0.161. The second-order valence-corrected chi connectivity index (χ2v) is 7.28. The molecule has 0 aliphatic rings. The highest BCUT2D eigenvalue weighted by atomic mass is 16.3. The lowest BCUT2D eigenvalue weighted by Gasteiger charge is -2.12. The van der Waals surface area contributed by atoms with Crippen molar-refractivity contribution in [3.05, 3.63) is 72.3 Å². The van der Waals surface area contributed by atoms with E-state index >= 15 is 0 Å². The van der Waals surface area contributed by atoms with Crippen molar-refractivity contribution in [3.8, 4) is 17.1 Å². The number of phenolic OH excluding ortho intramolecular Hbond substituents is 1. The summed E-state index contributed by atoms with van der Waals surface area (Å²) in [5.41, 5.74) is 6.45. The van der Waals surface area contributed by atoms with Gasteiger partial charge in [0, 0.05) is 10.8 Å². The molecule has 0 bridgehead atoms. The van der Waals surface area contributed by atoms with Crippen molar-refractivity contribution in [1.82, 2.24) is 19.9 Å². The number of nitrogens with one attached hydrogen (secondary N) is 1. The SMILES string of the molecule is Cc1ccc2nc3c(nc2c1)c(-c1nc2ccccc2[nH]1)c(O)c1ccccc13. The Balaban J connectivity index is 1.83. The van der Waals surface area contributed by atoms with Crippen molar-refractivity contribution in [2.45, 2.75) is 6.92 Å². The largest absolute Gasteiger partial charge is 0.506 e. The highest BCUT2D eigenvalue weighted by Crippen LogP contribution is 2.41. The zero-order chi connectivity index (χ0) is 19.5. The van der Waals surface area contributed by atoms with E-state index in [9.17, 15) is 5.11 Å². The molecule has 5 nitrogen and oxygen atoms in total. The van der Waals surface area contributed by atoms with Gasteiger partial charge < -0.3 is 10.1 Å². The van der Waals surface area contributed by atoms with Crippen molar-refractivity contribution < 1.29 is 5.11 Å². The molecule has 6 aromatic rings. The van der Waals surface area contributed by atoms with Crippen molar-refractivity contribution in [2.24, 2.45) is 0 Å². The third kappa shape index (κ3) is 2.31. The lowest BCUT2D eigenvalue weighted by Crippen LogP contribution is -1.94. The molecule has 2 heterocycles. The molecule has 0 fully saturated rings. The molecular weight excluding hydrogens is 360 g/mol. The number of hydrogen-bond acceptors (Lipinski definition) is 4. The fourth-order valence-corrected chi connectivity index (χ4v) is 3.96. The third-order valence-corrected chi connectivity index (χ3v) is 5.36. The topological polar surface area (TPSA) is 74.7 Å². The van der Waals surface area contributed by atoms with Gasteiger partial charge in [0.05, 0.1) is 33.1 Å². The van der Waals surface area contributed by atoms with Crippen LogP contribution in [0.2, 0.25) is 0 Å². The van der Waals surface area contributed by atoms with E-state index in [-0.39, 0.29) is 5.75 Å². The predicted octanol–water partition coefficient (Wildman–Crippen LogP) is 5.49. The van der Waals surface area contributed by atoms with Crippen LogP contribution < -0.4 is 0 Å². The number of nitrogens with zero attached hydrogens (tertiary/aromatic N) is 3. The van der Waals surface area contributed by atoms with E-state index in [1.807, 2.05) is 73.7 Å². The number of rotatable bonds is 1. The maximum atomic E-state index is 11.2. The molecule has 138 valence electrons. The highest BCUT2D eigenvalue weighted by Gasteiger charge is 2.20. The molecule has 0 atom stereocenters. The van der Waals surface area contributed by atoms with Crippen molar-refractivity contribution in [2.75, 3.05) is 0 Å². The molecule has 0 spiro atoms. The van der Waals surface area contributed by atoms with E-state index in [2.05, 4.69) is 4.98 Å². The van der Waals surface area contributed by atoms with Gasteiger partial charge in [-0.1, -0.05) is 42.5 Å². The molecule has 0 amide bonds. The number of aromatic amines is 1. The molecule has 0 aliphatic heterocycles. The Hall–Kier alpha value is -3.99. The summed E-state index contributed by atoms with van der Waals surface area (Å²) in [5.74, 6) is 0.745. The smallest absolute Gasteiger partial charge is 0.144 e. The van der Waals surface area contributed by atoms with Crippen molar-refractivity contribution in [1.29, 1.82) is 0 Å². The number of benzene rings is 4. The van der Waals surface area contributed by atoms with E-state index < -0.39 is 0 Å². The Bertz CT molecular complexity index is 1550. The molecular formula is C24H16N4O. The number of H-pyrrole nitrogens is 1. The summed E-state index contributed by atoms with van der Waals surface area (Å²) in [4.78, 5) is 17.9. The van der Waals surface area contributed by atoms with Crippen LogP contribution in [0.3, 0.4) is 0 Å². The quantitative estimate of drug-likeness (QED) is 0.294. The summed E-state index contributed by atoms with van der Waals surface area (Å²) in [6, 6.07) is 21.6. The molecule has 29 heavy (non-hydrogen) atoms. The van der Waals surface area contributed by atoms with E-state index in [1.165, 1.54) is 0 Å². The van der Waals surface area contributed by atoms with Crippen LogP contribution in [-0.2, 0) is 0 Å². The summed E-state index contributed by atoms with van der Waals surface area (Å²) in [7, 11) is 0. The first-order chi connectivity index (χ1) is 14.2. The molecule has 0 aliphatic carbocycles. The standard InChI is InChI=1S/C24H16N4O/c1-13-10-11-18-19(12-13)26-22-20(24-27-16-8-4-5-9-17(16)28-24)23(29)15-7-3-2-6-14(15)21(22)25-18/h2-12,29H,1H3,(H,27,28). The first-order valence-electron chi connectivity index (χ1n) is 9.46. The van der Waals surface area contributed by atoms with Crippen LogP contribution in [0.1, 0.15) is 5.56 Å². The van der Waals surface area contributed by atoms with Crippen molar-refractivity contribution in [3.63, 3.8) is 0 Å². The predicted molar refractivity (Wildman–Crippen MR) is 116 cm³/mol. The normalized spacial score (nSPS) is 11.8. The number of aromatic hydroxyl groups is 1. The summed E-state index contributed by atoms with van der Waals surface area (Å²) < 4.78 is 0. The third-order valence-electron chi connectivity index (χ3n) is 5.36. The average molecular weight is 376 g/mol. The fraction of sp³-hybridized carbons (Fsp3) is 0.0417. The molecule has 4 aromatic carbocycles. The number of fused-ring (bicyclic) bond motifs is 5. The minimum absolute atomic E-state index is 0.161. The first kappa shape index (κ1) is 16.0. The van der Waals surface area contributed by atoms with Gasteiger partial charge in [0.2, 0.25) is 0 Å². The fourth-order valence-electron chi connectivity index (χ4n) is 3.96. The van der Waals surface area contributed by atoms with E-state index in [0.717, 1.165) is 43.9 Å². The Kier molecular flexibility index (Phi) is 3.18. The van der Waals surface area contributed by atoms with Crippen LogP contribution in [0, 0.1) is 6.92 Å². The number of imidazole rings is 1. The van der Waals surface area contributed by atoms with Crippen LogP contribution >= 0.6 is 0 Å². The van der Waals surface area contributed by atoms with Crippen LogP contribution in [0.15, 0.2) is 66.7 Å².